The van der Waals surface area contributed by atoms with Gasteiger partial charge in [-0.1, -0.05) is 54.2 Å². The number of rotatable bonds is 6. The van der Waals surface area contributed by atoms with Gasteiger partial charge in [-0.15, -0.1) is 10.2 Å². The highest BCUT2D eigenvalue weighted by Crippen LogP contribution is 2.34. The van der Waals surface area contributed by atoms with Crippen LogP contribution in [-0.2, 0) is 6.54 Å². The summed E-state index contributed by atoms with van der Waals surface area (Å²) in [6.07, 6.45) is 1.62. The summed E-state index contributed by atoms with van der Waals surface area (Å²) in [7, 11) is 0. The predicted molar refractivity (Wildman–Crippen MR) is 120 cm³/mol. The van der Waals surface area contributed by atoms with Gasteiger partial charge in [0, 0.05) is 0 Å². The highest BCUT2D eigenvalue weighted by Gasteiger charge is 2.21. The van der Waals surface area contributed by atoms with Gasteiger partial charge in [-0.05, 0) is 36.8 Å². The minimum Gasteiger partial charge on any atom is -0.461 e. The Morgan fingerprint density at radius 3 is 2.65 bits per heavy atom. The van der Waals surface area contributed by atoms with E-state index in [1.54, 1.807) is 12.3 Å². The number of fused-ring (bicyclic) bond motifs is 1. The number of furan rings is 1. The topological polar surface area (TPSA) is 89.6 Å². The molecule has 0 aliphatic heterocycles. The summed E-state index contributed by atoms with van der Waals surface area (Å²) >= 11 is 1.49. The van der Waals surface area contributed by atoms with E-state index in [9.17, 15) is 4.79 Å². The Labute approximate surface area is 182 Å². The first-order valence-electron chi connectivity index (χ1n) is 9.85. The number of aromatic amines is 1. The molecule has 0 bridgehead atoms. The molecule has 0 radical (unpaired) electrons. The fourth-order valence-electron chi connectivity index (χ4n) is 3.38. The fourth-order valence-corrected chi connectivity index (χ4v) is 4.29. The van der Waals surface area contributed by atoms with Crippen LogP contribution in [0.3, 0.4) is 0 Å². The maximum Gasteiger partial charge on any atom is 0.258 e. The first kappa shape index (κ1) is 19.3. The third-order valence-electron chi connectivity index (χ3n) is 4.94. The largest absolute Gasteiger partial charge is 0.461 e. The molecule has 154 valence electrons. The van der Waals surface area contributed by atoms with E-state index in [1.165, 1.54) is 11.8 Å². The second kappa shape index (κ2) is 8.23. The predicted octanol–water partition coefficient (Wildman–Crippen LogP) is 4.68. The first-order chi connectivity index (χ1) is 15.2. The van der Waals surface area contributed by atoms with Crippen LogP contribution in [-0.4, -0.2) is 24.7 Å². The number of thioether (sulfide) groups is 1. The zero-order valence-corrected chi connectivity index (χ0v) is 17.5. The molecule has 2 aromatic carbocycles. The number of hydrogen-bond acceptors (Lipinski definition) is 6. The molecule has 3 heterocycles. The number of para-hydroxylation sites is 1. The summed E-state index contributed by atoms with van der Waals surface area (Å²) in [6.45, 7) is 2.59. The Kier molecular flexibility index (Phi) is 5.13. The SMILES string of the molecule is CC(Sc1nnc(-c2ccco2)n1Cc1ccccc1)c1nc2ccccc2c(=O)[nH]1. The van der Waals surface area contributed by atoms with Crippen molar-refractivity contribution in [2.24, 2.45) is 0 Å². The van der Waals surface area contributed by atoms with Crippen LogP contribution in [0.25, 0.3) is 22.5 Å². The molecule has 0 spiro atoms. The van der Waals surface area contributed by atoms with E-state index in [4.69, 9.17) is 4.42 Å². The molecule has 5 aromatic rings. The summed E-state index contributed by atoms with van der Waals surface area (Å²) in [5, 5.41) is 9.95. The van der Waals surface area contributed by atoms with Crippen molar-refractivity contribution < 1.29 is 4.42 Å². The van der Waals surface area contributed by atoms with Gasteiger partial charge in [-0.25, -0.2) is 4.98 Å². The van der Waals surface area contributed by atoms with Gasteiger partial charge in [0.2, 0.25) is 5.82 Å². The Bertz CT molecular complexity index is 1380. The standard InChI is InChI=1S/C23H19N5O2S/c1-15(20-24-18-11-6-5-10-17(18)22(29)25-20)31-23-27-26-21(19-12-7-13-30-19)28(23)14-16-8-3-2-4-9-16/h2-13,15H,14H2,1H3,(H,24,25,29). The number of nitrogens with one attached hydrogen (secondary N) is 1. The lowest BCUT2D eigenvalue weighted by Crippen LogP contribution is -2.13. The van der Waals surface area contributed by atoms with Crippen LogP contribution in [0.4, 0.5) is 0 Å². The second-order valence-electron chi connectivity index (χ2n) is 7.08. The van der Waals surface area contributed by atoms with Crippen LogP contribution >= 0.6 is 11.8 Å². The number of hydrogen-bond donors (Lipinski definition) is 1. The van der Waals surface area contributed by atoms with E-state index >= 15 is 0 Å². The van der Waals surface area contributed by atoms with Crippen LogP contribution in [0.15, 0.2) is 87.4 Å². The molecule has 7 nitrogen and oxygen atoms in total. The van der Waals surface area contributed by atoms with Crippen LogP contribution in [0, 0.1) is 0 Å². The molecule has 5 rings (SSSR count). The number of H-pyrrole nitrogens is 1. The van der Waals surface area contributed by atoms with Crippen LogP contribution < -0.4 is 5.56 Å². The van der Waals surface area contributed by atoms with Gasteiger partial charge in [0.05, 0.1) is 29.0 Å². The van der Waals surface area contributed by atoms with Crippen molar-refractivity contribution in [2.45, 2.75) is 23.9 Å². The molecule has 0 saturated heterocycles. The van der Waals surface area contributed by atoms with E-state index < -0.39 is 0 Å². The monoisotopic (exact) mass is 429 g/mol. The first-order valence-corrected chi connectivity index (χ1v) is 10.7. The number of nitrogens with zero attached hydrogens (tertiary/aromatic N) is 4. The minimum atomic E-state index is -0.143. The van der Waals surface area contributed by atoms with Crippen molar-refractivity contribution >= 4 is 22.7 Å². The number of benzene rings is 2. The lowest BCUT2D eigenvalue weighted by molar-refractivity contribution is 0.569. The van der Waals surface area contributed by atoms with Crippen molar-refractivity contribution in [1.82, 2.24) is 24.7 Å². The van der Waals surface area contributed by atoms with Gasteiger partial charge >= 0.3 is 0 Å². The highest BCUT2D eigenvalue weighted by atomic mass is 32.2. The van der Waals surface area contributed by atoms with Crippen molar-refractivity contribution in [3.8, 4) is 11.6 Å². The summed E-state index contributed by atoms with van der Waals surface area (Å²) in [5.41, 5.74) is 1.66. The van der Waals surface area contributed by atoms with Crippen LogP contribution in [0.5, 0.6) is 0 Å². The van der Waals surface area contributed by atoms with Gasteiger partial charge in [0.25, 0.3) is 5.56 Å². The lowest BCUT2D eigenvalue weighted by Gasteiger charge is -2.13. The zero-order valence-electron chi connectivity index (χ0n) is 16.7. The summed E-state index contributed by atoms with van der Waals surface area (Å²) in [4.78, 5) is 20.0. The molecule has 8 heteroatoms. The van der Waals surface area contributed by atoms with E-state index in [-0.39, 0.29) is 10.8 Å². The van der Waals surface area contributed by atoms with Crippen molar-refractivity contribution in [3.05, 3.63) is 94.7 Å². The summed E-state index contributed by atoms with van der Waals surface area (Å²) in [6, 6.07) is 21.1. The zero-order chi connectivity index (χ0) is 21.2. The minimum absolute atomic E-state index is 0.138. The quantitative estimate of drug-likeness (QED) is 0.394. The van der Waals surface area contributed by atoms with Crippen molar-refractivity contribution in [1.29, 1.82) is 0 Å². The molecule has 1 unspecified atom stereocenters. The van der Waals surface area contributed by atoms with Crippen LogP contribution in [0.1, 0.15) is 23.6 Å². The van der Waals surface area contributed by atoms with Gasteiger partial charge < -0.3 is 9.40 Å². The average Bonchev–Trinajstić information content (AvgIpc) is 3.45. The molecule has 0 aliphatic rings. The molecule has 3 aromatic heterocycles. The molecule has 0 saturated carbocycles. The Hall–Kier alpha value is -3.65. The van der Waals surface area contributed by atoms with Crippen molar-refractivity contribution in [2.75, 3.05) is 0 Å². The molecule has 31 heavy (non-hydrogen) atoms. The molecule has 0 fully saturated rings. The third-order valence-corrected chi connectivity index (χ3v) is 6.03. The van der Waals surface area contributed by atoms with E-state index in [0.717, 1.165) is 10.7 Å². The maximum atomic E-state index is 12.5. The molecule has 1 atom stereocenters. The van der Waals surface area contributed by atoms with E-state index in [0.29, 0.717) is 34.9 Å². The van der Waals surface area contributed by atoms with Crippen molar-refractivity contribution in [3.63, 3.8) is 0 Å². The molecule has 1 N–H and O–H groups in total. The molecule has 0 aliphatic carbocycles. The third kappa shape index (κ3) is 3.89. The molecule has 0 amide bonds. The highest BCUT2D eigenvalue weighted by molar-refractivity contribution is 7.99. The number of aromatic nitrogens is 5. The maximum absolute atomic E-state index is 12.5. The van der Waals surface area contributed by atoms with Gasteiger partial charge in [-0.3, -0.25) is 9.36 Å². The van der Waals surface area contributed by atoms with Gasteiger partial charge in [-0.2, -0.15) is 0 Å². The average molecular weight is 430 g/mol. The van der Waals surface area contributed by atoms with Gasteiger partial charge in [0.1, 0.15) is 5.82 Å². The Balaban J connectivity index is 1.51. The normalized spacial score (nSPS) is 12.3. The van der Waals surface area contributed by atoms with Crippen LogP contribution in [0.2, 0.25) is 0 Å². The van der Waals surface area contributed by atoms with Gasteiger partial charge in [0.15, 0.2) is 10.9 Å². The molecular formula is C23H19N5O2S. The summed E-state index contributed by atoms with van der Waals surface area (Å²) in [5.74, 6) is 1.91. The smallest absolute Gasteiger partial charge is 0.258 e. The fraction of sp³-hybridized carbons (Fsp3) is 0.130. The Morgan fingerprint density at radius 2 is 1.84 bits per heavy atom. The van der Waals surface area contributed by atoms with E-state index in [1.807, 2.05) is 60.0 Å². The van der Waals surface area contributed by atoms with E-state index in [2.05, 4.69) is 32.3 Å². The lowest BCUT2D eigenvalue weighted by atomic mass is 10.2. The summed E-state index contributed by atoms with van der Waals surface area (Å²) < 4.78 is 7.59. The molecular weight excluding hydrogens is 410 g/mol. The second-order valence-corrected chi connectivity index (χ2v) is 8.39. The Morgan fingerprint density at radius 1 is 1.03 bits per heavy atom.